The highest BCUT2D eigenvalue weighted by Gasteiger charge is 2.30. The maximum absolute atomic E-state index is 14.1. The predicted molar refractivity (Wildman–Crippen MR) is 151 cm³/mol. The lowest BCUT2D eigenvalue weighted by atomic mass is 9.98. The molecule has 0 radical (unpaired) electrons. The summed E-state index contributed by atoms with van der Waals surface area (Å²) >= 11 is 0. The molecule has 2 fully saturated rings. The summed E-state index contributed by atoms with van der Waals surface area (Å²) in [7, 11) is -3.20. The number of hydrogen-bond donors (Lipinski definition) is 2. The van der Waals surface area contributed by atoms with E-state index in [1.807, 2.05) is 4.90 Å². The first-order valence-electron chi connectivity index (χ1n) is 13.5. The van der Waals surface area contributed by atoms with Gasteiger partial charge in [0, 0.05) is 42.7 Å². The molecule has 216 valence electrons. The number of carbonyl (C=O) groups is 1. The molecule has 0 unspecified atom stereocenters. The van der Waals surface area contributed by atoms with Gasteiger partial charge in [-0.05, 0) is 77.1 Å². The summed E-state index contributed by atoms with van der Waals surface area (Å²) in [6.45, 7) is 8.66. The molecular formula is C27H40FN5O5S. The smallest absolute Gasteiger partial charge is 0.418 e. The number of ether oxygens (including phenoxy) is 2. The molecule has 12 heteroatoms. The number of anilines is 1. The van der Waals surface area contributed by atoms with Crippen molar-refractivity contribution in [2.24, 2.45) is 0 Å². The molecule has 1 aliphatic heterocycles. The monoisotopic (exact) mass is 565 g/mol. The maximum Gasteiger partial charge on any atom is 0.418 e. The van der Waals surface area contributed by atoms with E-state index in [0.29, 0.717) is 43.1 Å². The zero-order valence-electron chi connectivity index (χ0n) is 23.4. The Labute approximate surface area is 230 Å². The number of nitrogens with one attached hydrogen (secondary N) is 1. The van der Waals surface area contributed by atoms with Crippen LogP contribution in [-0.4, -0.2) is 68.5 Å². The number of thiol groups is 1. The zero-order valence-corrected chi connectivity index (χ0v) is 24.3. The Morgan fingerprint density at radius 3 is 2.38 bits per heavy atom. The second-order valence-electron chi connectivity index (χ2n) is 11.4. The van der Waals surface area contributed by atoms with Crippen LogP contribution < -0.4 is 19.9 Å². The van der Waals surface area contributed by atoms with Crippen molar-refractivity contribution < 1.29 is 22.9 Å². The number of halogens is 1. The molecular weight excluding hydrogens is 525 g/mol. The zero-order chi connectivity index (χ0) is 28.4. The number of benzene rings is 1. The lowest BCUT2D eigenvalue weighted by molar-refractivity contribution is 0.0568. The first-order chi connectivity index (χ1) is 18.3. The summed E-state index contributed by atoms with van der Waals surface area (Å²) < 4.78 is 44.5. The fourth-order valence-corrected chi connectivity index (χ4v) is 6.47. The third kappa shape index (κ3) is 7.36. The van der Waals surface area contributed by atoms with E-state index in [0.717, 1.165) is 32.1 Å². The van der Waals surface area contributed by atoms with Crippen molar-refractivity contribution in [3.63, 3.8) is 0 Å². The van der Waals surface area contributed by atoms with Gasteiger partial charge in [0.05, 0.1) is 18.0 Å². The standard InChI is InChI=1S/C27H40FN5O5S/c1-19-15-20(28)17-21(16-19)33-25(34)24(37-22-9-7-6-8-10-22)23(18-29-33)31-11-13-32(14-12-31)39(5,36)30-26(35)38-27(2,3)4/h15-18,22,39H,6-14H2,1-5H3,(H,30,35,36). The van der Waals surface area contributed by atoms with Gasteiger partial charge in [-0.25, -0.2) is 13.5 Å². The Bertz CT molecular complexity index is 1280. The van der Waals surface area contributed by atoms with Crippen molar-refractivity contribution in [3.8, 4) is 11.4 Å². The molecule has 4 rings (SSSR count). The second-order valence-corrected chi connectivity index (χ2v) is 13.9. The first kappa shape index (κ1) is 29.0. The lowest BCUT2D eigenvalue weighted by Crippen LogP contribution is -2.56. The summed E-state index contributed by atoms with van der Waals surface area (Å²) in [5.41, 5.74) is 0.425. The number of nitrogens with zero attached hydrogens (tertiary/aromatic N) is 4. The topological polar surface area (TPSA) is 106 Å². The third-order valence-corrected chi connectivity index (χ3v) is 8.93. The average Bonchev–Trinajstić information content (AvgIpc) is 2.84. The van der Waals surface area contributed by atoms with E-state index in [1.165, 1.54) is 23.1 Å². The minimum Gasteiger partial charge on any atom is -0.483 e. The normalized spacial score (nSPS) is 18.1. The van der Waals surface area contributed by atoms with Crippen molar-refractivity contribution >= 4 is 22.1 Å². The fraction of sp³-hybridized carbons (Fsp3) is 0.593. The van der Waals surface area contributed by atoms with Gasteiger partial charge in [-0.1, -0.05) is 6.42 Å². The van der Waals surface area contributed by atoms with Gasteiger partial charge in [0.25, 0.3) is 0 Å². The van der Waals surface area contributed by atoms with Crippen molar-refractivity contribution in [1.82, 2.24) is 18.8 Å². The van der Waals surface area contributed by atoms with Crippen LogP contribution in [0.4, 0.5) is 14.9 Å². The molecule has 39 heavy (non-hydrogen) atoms. The molecule has 1 aromatic heterocycles. The molecule has 0 atom stereocenters. The largest absolute Gasteiger partial charge is 0.483 e. The molecule has 2 aromatic rings. The molecule has 1 N–H and O–H groups in total. The van der Waals surface area contributed by atoms with Crippen LogP contribution in [-0.2, 0) is 15.0 Å². The molecule has 0 spiro atoms. The van der Waals surface area contributed by atoms with Crippen LogP contribution in [0.25, 0.3) is 5.69 Å². The summed E-state index contributed by atoms with van der Waals surface area (Å²) in [5.74, 6) is -0.253. The molecule has 1 saturated carbocycles. The van der Waals surface area contributed by atoms with E-state index < -0.39 is 33.4 Å². The maximum atomic E-state index is 14.1. The number of hydrogen-bond acceptors (Lipinski definition) is 7. The number of amides is 1. The molecule has 1 saturated heterocycles. The molecule has 10 nitrogen and oxygen atoms in total. The number of carbonyl (C=O) groups excluding carboxylic acids is 1. The fourth-order valence-electron chi connectivity index (χ4n) is 5.00. The molecule has 0 bridgehead atoms. The van der Waals surface area contributed by atoms with Gasteiger partial charge in [-0.3, -0.25) is 13.7 Å². The Hall–Kier alpha value is -2.99. The number of aromatic nitrogens is 2. The summed E-state index contributed by atoms with van der Waals surface area (Å²) in [4.78, 5) is 27.9. The van der Waals surface area contributed by atoms with Crippen LogP contribution in [0, 0.1) is 12.7 Å². The summed E-state index contributed by atoms with van der Waals surface area (Å²) in [5, 5.41) is 4.37. The summed E-state index contributed by atoms with van der Waals surface area (Å²) in [6, 6.07) is 4.38. The number of piperazine rings is 1. The summed E-state index contributed by atoms with van der Waals surface area (Å²) in [6.07, 6.45) is 7.24. The third-order valence-electron chi connectivity index (χ3n) is 6.86. The minimum atomic E-state index is -3.20. The highest BCUT2D eigenvalue weighted by atomic mass is 32.3. The molecule has 2 aliphatic rings. The van der Waals surface area contributed by atoms with Gasteiger partial charge in [0.15, 0.2) is 0 Å². The lowest BCUT2D eigenvalue weighted by Gasteiger charge is -2.41. The van der Waals surface area contributed by atoms with E-state index in [2.05, 4.69) is 9.82 Å². The van der Waals surface area contributed by atoms with Crippen molar-refractivity contribution in [1.29, 1.82) is 0 Å². The Balaban J connectivity index is 1.57. The first-order valence-corrected chi connectivity index (χ1v) is 15.6. The highest BCUT2D eigenvalue weighted by molar-refractivity contribution is 7.98. The second kappa shape index (κ2) is 11.6. The van der Waals surface area contributed by atoms with Crippen LogP contribution in [0.2, 0.25) is 0 Å². The van der Waals surface area contributed by atoms with E-state index in [-0.39, 0.29) is 11.9 Å². The quantitative estimate of drug-likeness (QED) is 0.517. The van der Waals surface area contributed by atoms with E-state index in [9.17, 15) is 18.2 Å². The number of rotatable bonds is 6. The van der Waals surface area contributed by atoms with Crippen LogP contribution in [0.1, 0.15) is 58.4 Å². The molecule has 1 amide bonds. The Morgan fingerprint density at radius 2 is 1.77 bits per heavy atom. The Kier molecular flexibility index (Phi) is 8.65. The SMILES string of the molecule is Cc1cc(F)cc(-n2ncc(N3CCN([SH](C)(=O)NC(=O)OC(C)(C)C)CC3)c(OC3CCCCC3)c2=O)c1. The van der Waals surface area contributed by atoms with Gasteiger partial charge < -0.3 is 14.4 Å². The van der Waals surface area contributed by atoms with Crippen molar-refractivity contribution in [2.75, 3.05) is 37.3 Å². The van der Waals surface area contributed by atoms with Crippen molar-refractivity contribution in [2.45, 2.75) is 71.5 Å². The van der Waals surface area contributed by atoms with Gasteiger partial charge in [-0.2, -0.15) is 9.78 Å². The van der Waals surface area contributed by atoms with E-state index >= 15 is 0 Å². The van der Waals surface area contributed by atoms with Crippen LogP contribution >= 0.6 is 0 Å². The Morgan fingerprint density at radius 1 is 1.10 bits per heavy atom. The average molecular weight is 566 g/mol. The van der Waals surface area contributed by atoms with Crippen molar-refractivity contribution in [3.05, 3.63) is 46.1 Å². The number of aryl methyl sites for hydroxylation is 1. The van der Waals surface area contributed by atoms with E-state index in [1.54, 1.807) is 44.3 Å². The van der Waals surface area contributed by atoms with E-state index in [4.69, 9.17) is 9.47 Å². The minimum absolute atomic E-state index is 0.0783. The van der Waals surface area contributed by atoms with Gasteiger partial charge in [0.1, 0.15) is 17.1 Å². The molecule has 2 heterocycles. The van der Waals surface area contributed by atoms with Crippen LogP contribution in [0.5, 0.6) is 5.75 Å². The molecule has 1 aliphatic carbocycles. The van der Waals surface area contributed by atoms with Gasteiger partial charge in [0.2, 0.25) is 5.75 Å². The molecule has 1 aromatic carbocycles. The van der Waals surface area contributed by atoms with Gasteiger partial charge in [-0.15, -0.1) is 0 Å². The van der Waals surface area contributed by atoms with Crippen LogP contribution in [0.15, 0.2) is 29.2 Å². The predicted octanol–water partition coefficient (Wildman–Crippen LogP) is 3.51. The van der Waals surface area contributed by atoms with Gasteiger partial charge >= 0.3 is 11.7 Å². The van der Waals surface area contributed by atoms with Crippen LogP contribution in [0.3, 0.4) is 0 Å². The highest BCUT2D eigenvalue weighted by Crippen LogP contribution is 2.30.